The Morgan fingerprint density at radius 2 is 1.70 bits per heavy atom. The summed E-state index contributed by atoms with van der Waals surface area (Å²) < 4.78 is 5.49. The Morgan fingerprint density at radius 1 is 0.919 bits per heavy atom. The molecule has 182 valence electrons. The Kier molecular flexibility index (Phi) is 5.98. The van der Waals surface area contributed by atoms with E-state index in [0.717, 1.165) is 52.0 Å². The van der Waals surface area contributed by atoms with Crippen LogP contribution in [0.4, 0.5) is 11.5 Å². The van der Waals surface area contributed by atoms with Gasteiger partial charge in [0.25, 0.3) is 0 Å². The number of anilines is 2. The van der Waals surface area contributed by atoms with E-state index in [1.54, 1.807) is 19.5 Å². The summed E-state index contributed by atoms with van der Waals surface area (Å²) in [5.41, 5.74) is 7.27. The largest absolute Gasteiger partial charge is 0.497 e. The molecule has 2 heterocycles. The number of nitrogens with zero attached hydrogens (tertiary/aromatic N) is 3. The number of ether oxygens (including phenoxy) is 1. The predicted octanol–water partition coefficient (Wildman–Crippen LogP) is 6.17. The van der Waals surface area contributed by atoms with Crippen molar-refractivity contribution in [2.45, 2.75) is 18.9 Å². The van der Waals surface area contributed by atoms with Gasteiger partial charge in [-0.2, -0.15) is 0 Å². The number of methoxy groups -OCH3 is 1. The zero-order chi connectivity index (χ0) is 25.2. The number of hydrogen-bond acceptors (Lipinski definition) is 6. The second kappa shape index (κ2) is 9.74. The van der Waals surface area contributed by atoms with Gasteiger partial charge in [0.05, 0.1) is 12.6 Å². The number of fused-ring (bicyclic) bond motifs is 2. The van der Waals surface area contributed by atoms with Gasteiger partial charge in [0.2, 0.25) is 0 Å². The van der Waals surface area contributed by atoms with Crippen LogP contribution in [0.5, 0.6) is 5.75 Å². The molecule has 6 rings (SSSR count). The fraction of sp³-hybridized carbons (Fsp3) is 0.129. The zero-order valence-corrected chi connectivity index (χ0v) is 20.6. The monoisotopic (exact) mass is 485 g/mol. The third-order valence-electron chi connectivity index (χ3n) is 6.76. The fourth-order valence-corrected chi connectivity index (χ4v) is 4.92. The standard InChI is InChI=1S/C31H27N5O/c1-20(33-24-16-21-8-3-4-9-22(21)17-24)26-11-5-6-12-28(26)35-31-27-18-25(37-2)13-14-29(27)34-30(36-31)23-10-7-15-32-19-23/h3-15,18-19,24,33H,1,16-17H2,2H3,(H,34,35,36). The summed E-state index contributed by atoms with van der Waals surface area (Å²) in [4.78, 5) is 13.9. The van der Waals surface area contributed by atoms with Crippen molar-refractivity contribution in [3.8, 4) is 17.1 Å². The van der Waals surface area contributed by atoms with Gasteiger partial charge in [0, 0.05) is 46.3 Å². The molecule has 1 aliphatic carbocycles. The third kappa shape index (κ3) is 4.61. The van der Waals surface area contributed by atoms with E-state index in [4.69, 9.17) is 14.7 Å². The van der Waals surface area contributed by atoms with Crippen LogP contribution in [0, 0.1) is 0 Å². The SMILES string of the molecule is C=C(NC1Cc2ccccc2C1)c1ccccc1Nc1nc(-c2cccnc2)nc2ccc(OC)cc12. The van der Waals surface area contributed by atoms with Gasteiger partial charge >= 0.3 is 0 Å². The molecule has 6 nitrogen and oxygen atoms in total. The number of hydrogen-bond donors (Lipinski definition) is 2. The molecular weight excluding hydrogens is 458 g/mol. The van der Waals surface area contributed by atoms with E-state index in [2.05, 4.69) is 52.5 Å². The molecule has 0 atom stereocenters. The molecule has 0 amide bonds. The fourth-order valence-electron chi connectivity index (χ4n) is 4.92. The lowest BCUT2D eigenvalue weighted by Gasteiger charge is -2.20. The minimum Gasteiger partial charge on any atom is -0.497 e. The number of nitrogens with one attached hydrogen (secondary N) is 2. The van der Waals surface area contributed by atoms with E-state index in [0.29, 0.717) is 17.7 Å². The van der Waals surface area contributed by atoms with Gasteiger partial charge in [-0.3, -0.25) is 4.98 Å². The minimum absolute atomic E-state index is 0.319. The first-order chi connectivity index (χ1) is 18.2. The number of aromatic nitrogens is 3. The van der Waals surface area contributed by atoms with Crippen molar-refractivity contribution in [3.05, 3.63) is 115 Å². The van der Waals surface area contributed by atoms with Gasteiger partial charge in [-0.1, -0.05) is 49.0 Å². The molecular formula is C31H27N5O. The third-order valence-corrected chi connectivity index (χ3v) is 6.76. The molecule has 0 unspecified atom stereocenters. The lowest BCUT2D eigenvalue weighted by molar-refractivity contribution is 0.415. The van der Waals surface area contributed by atoms with Crippen LogP contribution in [-0.2, 0) is 12.8 Å². The summed E-state index contributed by atoms with van der Waals surface area (Å²) >= 11 is 0. The van der Waals surface area contributed by atoms with Crippen LogP contribution in [0.1, 0.15) is 16.7 Å². The molecule has 3 aromatic carbocycles. The van der Waals surface area contributed by atoms with Crippen molar-refractivity contribution in [2.75, 3.05) is 12.4 Å². The maximum atomic E-state index is 5.49. The highest BCUT2D eigenvalue weighted by Crippen LogP contribution is 2.32. The van der Waals surface area contributed by atoms with Crippen LogP contribution in [-0.4, -0.2) is 28.1 Å². The normalized spacial score (nSPS) is 12.8. The topological polar surface area (TPSA) is 72.0 Å². The molecule has 2 aromatic heterocycles. The second-order valence-electron chi connectivity index (χ2n) is 9.19. The summed E-state index contributed by atoms with van der Waals surface area (Å²) in [6.07, 6.45) is 5.51. The number of pyridine rings is 1. The predicted molar refractivity (Wildman–Crippen MR) is 149 cm³/mol. The van der Waals surface area contributed by atoms with Crippen LogP contribution >= 0.6 is 0 Å². The molecule has 0 saturated carbocycles. The minimum atomic E-state index is 0.319. The van der Waals surface area contributed by atoms with Crippen molar-refractivity contribution in [3.63, 3.8) is 0 Å². The van der Waals surface area contributed by atoms with Crippen molar-refractivity contribution in [1.29, 1.82) is 0 Å². The summed E-state index contributed by atoms with van der Waals surface area (Å²) in [5.74, 6) is 2.04. The smallest absolute Gasteiger partial charge is 0.163 e. The molecule has 37 heavy (non-hydrogen) atoms. The maximum Gasteiger partial charge on any atom is 0.163 e. The molecule has 0 spiro atoms. The van der Waals surface area contributed by atoms with Gasteiger partial charge in [0.15, 0.2) is 5.82 Å². The first-order valence-corrected chi connectivity index (χ1v) is 12.3. The molecule has 0 radical (unpaired) electrons. The van der Waals surface area contributed by atoms with E-state index in [1.807, 2.05) is 48.5 Å². The molecule has 0 fully saturated rings. The van der Waals surface area contributed by atoms with Gasteiger partial charge in [-0.25, -0.2) is 9.97 Å². The summed E-state index contributed by atoms with van der Waals surface area (Å²) in [6.45, 7) is 4.40. The van der Waals surface area contributed by atoms with Crippen molar-refractivity contribution in [1.82, 2.24) is 20.3 Å². The summed E-state index contributed by atoms with van der Waals surface area (Å²) in [6, 6.07) is 26.8. The van der Waals surface area contributed by atoms with Crippen molar-refractivity contribution >= 4 is 28.1 Å². The Labute approximate surface area is 216 Å². The van der Waals surface area contributed by atoms with Crippen LogP contribution < -0.4 is 15.4 Å². The Bertz CT molecular complexity index is 1570. The van der Waals surface area contributed by atoms with E-state index in [-0.39, 0.29) is 0 Å². The molecule has 1 aliphatic rings. The average Bonchev–Trinajstić information content (AvgIpc) is 3.35. The maximum absolute atomic E-state index is 5.49. The highest BCUT2D eigenvalue weighted by molar-refractivity contribution is 5.94. The Morgan fingerprint density at radius 3 is 2.46 bits per heavy atom. The van der Waals surface area contributed by atoms with Gasteiger partial charge < -0.3 is 15.4 Å². The van der Waals surface area contributed by atoms with Gasteiger partial charge in [0.1, 0.15) is 11.6 Å². The van der Waals surface area contributed by atoms with E-state index >= 15 is 0 Å². The first-order valence-electron chi connectivity index (χ1n) is 12.3. The van der Waals surface area contributed by atoms with Crippen LogP contribution in [0.2, 0.25) is 0 Å². The van der Waals surface area contributed by atoms with E-state index < -0.39 is 0 Å². The summed E-state index contributed by atoms with van der Waals surface area (Å²) in [5, 5.41) is 8.10. The lowest BCUT2D eigenvalue weighted by atomic mass is 10.1. The highest BCUT2D eigenvalue weighted by atomic mass is 16.5. The Hall–Kier alpha value is -4.71. The summed E-state index contributed by atoms with van der Waals surface area (Å²) in [7, 11) is 1.66. The number of rotatable bonds is 7. The van der Waals surface area contributed by atoms with E-state index in [1.165, 1.54) is 11.1 Å². The zero-order valence-electron chi connectivity index (χ0n) is 20.6. The van der Waals surface area contributed by atoms with E-state index in [9.17, 15) is 0 Å². The molecule has 2 N–H and O–H groups in total. The lowest BCUT2D eigenvalue weighted by Crippen LogP contribution is -2.28. The number of benzene rings is 3. The second-order valence-corrected chi connectivity index (χ2v) is 9.19. The highest BCUT2D eigenvalue weighted by Gasteiger charge is 2.22. The van der Waals surface area contributed by atoms with Gasteiger partial charge in [-0.15, -0.1) is 0 Å². The Balaban J connectivity index is 1.34. The van der Waals surface area contributed by atoms with Crippen LogP contribution in [0.15, 0.2) is 97.8 Å². The molecule has 0 saturated heterocycles. The van der Waals surface area contributed by atoms with Crippen LogP contribution in [0.3, 0.4) is 0 Å². The molecule has 5 aromatic rings. The van der Waals surface area contributed by atoms with Crippen LogP contribution in [0.25, 0.3) is 28.0 Å². The van der Waals surface area contributed by atoms with Crippen molar-refractivity contribution in [2.24, 2.45) is 0 Å². The van der Waals surface area contributed by atoms with Crippen molar-refractivity contribution < 1.29 is 4.74 Å². The first kappa shape index (κ1) is 22.7. The molecule has 0 bridgehead atoms. The molecule has 6 heteroatoms. The van der Waals surface area contributed by atoms with Gasteiger partial charge in [-0.05, 0) is 60.4 Å². The average molecular weight is 486 g/mol. The molecule has 0 aliphatic heterocycles. The number of para-hydroxylation sites is 1. The quantitative estimate of drug-likeness (QED) is 0.287.